The molecule has 0 spiro atoms. The van der Waals surface area contributed by atoms with E-state index in [2.05, 4.69) is 0 Å². The van der Waals surface area contributed by atoms with Crippen LogP contribution in [0.5, 0.6) is 0 Å². The van der Waals surface area contributed by atoms with Crippen LogP contribution in [0.4, 0.5) is 0 Å². The van der Waals surface area contributed by atoms with E-state index in [0.29, 0.717) is 17.3 Å². The van der Waals surface area contributed by atoms with Crippen molar-refractivity contribution in [3.05, 3.63) is 29.3 Å². The fourth-order valence-electron chi connectivity index (χ4n) is 3.29. The Morgan fingerprint density at radius 2 is 1.90 bits per heavy atom. The lowest BCUT2D eigenvalue weighted by molar-refractivity contribution is 0.411. The van der Waals surface area contributed by atoms with Crippen LogP contribution in [0.1, 0.15) is 36.8 Å². The molecule has 20 heavy (non-hydrogen) atoms. The standard InChI is InChI=1S/C15H20ClNO2S/c16-11-14-6-3-9-17(14)20(18,19)15-8-7-12-4-1-2-5-13(12)10-15/h7-8,10,14H,1-6,9,11H2/t14-/m0/s1. The van der Waals surface area contributed by atoms with Gasteiger partial charge in [0.05, 0.1) is 4.90 Å². The molecule has 5 heteroatoms. The van der Waals surface area contributed by atoms with Crippen LogP contribution in [0.2, 0.25) is 0 Å². The van der Waals surface area contributed by atoms with Gasteiger partial charge in [-0.25, -0.2) is 8.42 Å². The normalized spacial score (nSPS) is 23.8. The second-order valence-corrected chi connectivity index (χ2v) is 7.90. The van der Waals surface area contributed by atoms with Crippen LogP contribution in [0, 0.1) is 0 Å². The van der Waals surface area contributed by atoms with Gasteiger partial charge in [-0.15, -0.1) is 11.6 Å². The van der Waals surface area contributed by atoms with Gasteiger partial charge in [-0.3, -0.25) is 0 Å². The number of alkyl halides is 1. The number of hydrogen-bond acceptors (Lipinski definition) is 2. The molecule has 0 saturated carbocycles. The Morgan fingerprint density at radius 3 is 2.65 bits per heavy atom. The van der Waals surface area contributed by atoms with E-state index in [0.717, 1.165) is 32.1 Å². The first-order valence-electron chi connectivity index (χ1n) is 7.32. The van der Waals surface area contributed by atoms with Crippen molar-refractivity contribution in [2.75, 3.05) is 12.4 Å². The molecule has 3 rings (SSSR count). The van der Waals surface area contributed by atoms with Gasteiger partial charge in [0.2, 0.25) is 10.0 Å². The van der Waals surface area contributed by atoms with Crippen LogP contribution in [0.25, 0.3) is 0 Å². The molecule has 1 atom stereocenters. The van der Waals surface area contributed by atoms with E-state index in [9.17, 15) is 8.42 Å². The van der Waals surface area contributed by atoms with Crippen molar-refractivity contribution in [2.45, 2.75) is 49.5 Å². The summed E-state index contributed by atoms with van der Waals surface area (Å²) in [6.07, 6.45) is 6.21. The highest BCUT2D eigenvalue weighted by molar-refractivity contribution is 7.89. The zero-order chi connectivity index (χ0) is 14.2. The van der Waals surface area contributed by atoms with E-state index in [1.807, 2.05) is 12.1 Å². The Hall–Kier alpha value is -0.580. The second-order valence-electron chi connectivity index (χ2n) is 5.70. The number of fused-ring (bicyclic) bond motifs is 1. The molecular formula is C15H20ClNO2S. The molecule has 0 radical (unpaired) electrons. The first kappa shape index (κ1) is 14.4. The summed E-state index contributed by atoms with van der Waals surface area (Å²) in [6, 6.07) is 5.60. The van der Waals surface area contributed by atoms with Gasteiger partial charge in [0.1, 0.15) is 0 Å². The van der Waals surface area contributed by atoms with E-state index >= 15 is 0 Å². The fourth-order valence-corrected chi connectivity index (χ4v) is 5.43. The van der Waals surface area contributed by atoms with Crippen LogP contribution in [0.15, 0.2) is 23.1 Å². The van der Waals surface area contributed by atoms with E-state index < -0.39 is 10.0 Å². The first-order chi connectivity index (χ1) is 9.63. The van der Waals surface area contributed by atoms with Crippen LogP contribution < -0.4 is 0 Å². The second kappa shape index (κ2) is 5.66. The minimum Gasteiger partial charge on any atom is -0.207 e. The lowest BCUT2D eigenvalue weighted by Crippen LogP contribution is -2.36. The average molecular weight is 314 g/mol. The quantitative estimate of drug-likeness (QED) is 0.805. The topological polar surface area (TPSA) is 37.4 Å². The molecular weight excluding hydrogens is 294 g/mol. The van der Waals surface area contributed by atoms with E-state index in [1.54, 1.807) is 10.4 Å². The van der Waals surface area contributed by atoms with Crippen molar-refractivity contribution >= 4 is 21.6 Å². The van der Waals surface area contributed by atoms with Gasteiger partial charge in [0.15, 0.2) is 0 Å². The maximum absolute atomic E-state index is 12.8. The van der Waals surface area contributed by atoms with Crippen LogP contribution in [0.3, 0.4) is 0 Å². The summed E-state index contributed by atoms with van der Waals surface area (Å²) in [6.45, 7) is 0.594. The number of sulfonamides is 1. The Labute approximate surface area is 126 Å². The van der Waals surface area contributed by atoms with E-state index in [4.69, 9.17) is 11.6 Å². The summed E-state index contributed by atoms with van der Waals surface area (Å²) in [7, 11) is -3.38. The highest BCUT2D eigenvalue weighted by atomic mass is 35.5. The number of aryl methyl sites for hydroxylation is 2. The summed E-state index contributed by atoms with van der Waals surface area (Å²) in [5, 5.41) is 0. The predicted octanol–water partition coefficient (Wildman–Crippen LogP) is 2.96. The van der Waals surface area contributed by atoms with Crippen molar-refractivity contribution in [1.82, 2.24) is 4.31 Å². The molecule has 1 heterocycles. The molecule has 0 bridgehead atoms. The number of rotatable bonds is 3. The number of benzene rings is 1. The van der Waals surface area contributed by atoms with Gasteiger partial charge in [-0.2, -0.15) is 4.31 Å². The highest BCUT2D eigenvalue weighted by Crippen LogP contribution is 2.29. The van der Waals surface area contributed by atoms with E-state index in [-0.39, 0.29) is 6.04 Å². The third-order valence-electron chi connectivity index (χ3n) is 4.43. The number of hydrogen-bond donors (Lipinski definition) is 0. The van der Waals surface area contributed by atoms with Crippen molar-refractivity contribution in [1.29, 1.82) is 0 Å². The van der Waals surface area contributed by atoms with Gasteiger partial charge in [-0.1, -0.05) is 6.07 Å². The Balaban J connectivity index is 1.95. The SMILES string of the molecule is O=S(=O)(c1ccc2c(c1)CCCC2)N1CCC[C@H]1CCl. The molecule has 0 unspecified atom stereocenters. The van der Waals surface area contributed by atoms with Crippen LogP contribution in [-0.4, -0.2) is 31.2 Å². The summed E-state index contributed by atoms with van der Waals surface area (Å²) in [5.41, 5.74) is 2.52. The third-order valence-corrected chi connectivity index (χ3v) is 6.73. The molecule has 110 valence electrons. The van der Waals surface area contributed by atoms with Crippen molar-refractivity contribution in [3.63, 3.8) is 0 Å². The summed E-state index contributed by atoms with van der Waals surface area (Å²) in [4.78, 5) is 0.440. The predicted molar refractivity (Wildman–Crippen MR) is 80.7 cm³/mol. The molecule has 1 aliphatic heterocycles. The number of halogens is 1. The van der Waals surface area contributed by atoms with E-state index in [1.165, 1.54) is 17.5 Å². The highest BCUT2D eigenvalue weighted by Gasteiger charge is 2.34. The van der Waals surface area contributed by atoms with Gasteiger partial charge in [0, 0.05) is 18.5 Å². The Kier molecular flexibility index (Phi) is 4.07. The molecule has 1 saturated heterocycles. The van der Waals surface area contributed by atoms with Crippen LogP contribution in [-0.2, 0) is 22.9 Å². The monoisotopic (exact) mass is 313 g/mol. The summed E-state index contributed by atoms with van der Waals surface area (Å²) >= 11 is 5.91. The summed E-state index contributed by atoms with van der Waals surface area (Å²) < 4.78 is 27.1. The molecule has 2 aliphatic rings. The molecule has 1 aromatic carbocycles. The van der Waals surface area contributed by atoms with Gasteiger partial charge < -0.3 is 0 Å². The van der Waals surface area contributed by atoms with Gasteiger partial charge in [-0.05, 0) is 61.8 Å². The average Bonchev–Trinajstić information content (AvgIpc) is 2.96. The Bertz CT molecular complexity index is 600. The van der Waals surface area contributed by atoms with Crippen molar-refractivity contribution in [3.8, 4) is 0 Å². The van der Waals surface area contributed by atoms with Crippen molar-refractivity contribution < 1.29 is 8.42 Å². The maximum atomic E-state index is 12.8. The number of nitrogens with zero attached hydrogens (tertiary/aromatic N) is 1. The molecule has 3 nitrogen and oxygen atoms in total. The molecule has 0 N–H and O–H groups in total. The molecule has 1 fully saturated rings. The smallest absolute Gasteiger partial charge is 0.207 e. The molecule has 1 aliphatic carbocycles. The van der Waals surface area contributed by atoms with Gasteiger partial charge in [0.25, 0.3) is 0 Å². The van der Waals surface area contributed by atoms with Gasteiger partial charge >= 0.3 is 0 Å². The molecule has 0 amide bonds. The zero-order valence-electron chi connectivity index (χ0n) is 11.5. The fraction of sp³-hybridized carbons (Fsp3) is 0.600. The first-order valence-corrected chi connectivity index (χ1v) is 9.30. The third kappa shape index (κ3) is 2.49. The minimum absolute atomic E-state index is 0.0438. The summed E-state index contributed by atoms with van der Waals surface area (Å²) in [5.74, 6) is 0.379. The Morgan fingerprint density at radius 1 is 1.15 bits per heavy atom. The molecule has 1 aromatic rings. The van der Waals surface area contributed by atoms with Crippen molar-refractivity contribution in [2.24, 2.45) is 0 Å². The lowest BCUT2D eigenvalue weighted by atomic mass is 9.92. The zero-order valence-corrected chi connectivity index (χ0v) is 13.1. The van der Waals surface area contributed by atoms with Crippen LogP contribution >= 0.6 is 11.6 Å². The lowest BCUT2D eigenvalue weighted by Gasteiger charge is -2.23. The molecule has 0 aromatic heterocycles. The maximum Gasteiger partial charge on any atom is 0.243 e. The largest absolute Gasteiger partial charge is 0.243 e. The minimum atomic E-state index is -3.38.